The summed E-state index contributed by atoms with van der Waals surface area (Å²) in [5.74, 6) is -4.65. The zero-order valence-corrected chi connectivity index (χ0v) is 30.6. The maximum absolute atomic E-state index is 13.9. The number of nitrogens with one attached hydrogen (secondary N) is 4. The molecular formula is C39H39BrN4O7S. The second-order valence-electron chi connectivity index (χ2n) is 12.7. The van der Waals surface area contributed by atoms with Crippen LogP contribution < -0.4 is 21.3 Å². The van der Waals surface area contributed by atoms with E-state index in [2.05, 4.69) is 37.2 Å². The number of hydrogen-bond acceptors (Lipinski definition) is 7. The number of carbonyl (C=O) groups is 6. The first-order valence-electron chi connectivity index (χ1n) is 16.9. The van der Waals surface area contributed by atoms with Gasteiger partial charge in [-0.1, -0.05) is 76.6 Å². The molecule has 11 nitrogen and oxygen atoms in total. The molecule has 270 valence electrons. The third kappa shape index (κ3) is 11.4. The Labute approximate surface area is 313 Å². The van der Waals surface area contributed by atoms with E-state index < -0.39 is 59.4 Å². The van der Waals surface area contributed by atoms with Gasteiger partial charge in [-0.3, -0.25) is 28.8 Å². The van der Waals surface area contributed by atoms with E-state index in [1.54, 1.807) is 48.5 Å². The summed E-state index contributed by atoms with van der Waals surface area (Å²) in [6.45, 7) is 0. The number of carboxylic acids is 1. The summed E-state index contributed by atoms with van der Waals surface area (Å²) in [7, 11) is 0. The fourth-order valence-electron chi connectivity index (χ4n) is 5.95. The third-order valence-corrected chi connectivity index (χ3v) is 10.1. The van der Waals surface area contributed by atoms with Crippen molar-refractivity contribution in [2.45, 2.75) is 63.1 Å². The number of ketones is 1. The van der Waals surface area contributed by atoms with Crippen molar-refractivity contribution in [3.05, 3.63) is 122 Å². The van der Waals surface area contributed by atoms with Gasteiger partial charge in [-0.25, -0.2) is 0 Å². The van der Waals surface area contributed by atoms with E-state index in [1.807, 2.05) is 47.8 Å². The fraction of sp³-hybridized carbons (Fsp3) is 0.282. The summed E-state index contributed by atoms with van der Waals surface area (Å²) in [5, 5.41) is 23.3. The van der Waals surface area contributed by atoms with Crippen molar-refractivity contribution in [3.8, 4) is 0 Å². The molecule has 1 aromatic heterocycles. The van der Waals surface area contributed by atoms with Gasteiger partial charge in [-0.05, 0) is 65.2 Å². The standard InChI is InChI=1S/C39H39BrN4O7S/c40-28-12-10-26(11-13-28)31-23-37(48)42-32(20-24-5-2-1-3-6-24)34(45)21-27(39(50)51)19-25-8-14-29(15-9-25)41-35(46)16-17-36(47)43-33(38(49)44-31)22-30-7-4-18-52-30/h1-15,18,27,31-33H,16-17,19-23H2,(H,41,46)(H,42,48)(H,43,47)(H,44,49)(H,50,51)/t27-,31+,32-,33-/m1/s1. The monoisotopic (exact) mass is 786 g/mol. The van der Waals surface area contributed by atoms with Gasteiger partial charge in [-0.2, -0.15) is 0 Å². The van der Waals surface area contributed by atoms with Gasteiger partial charge in [0.05, 0.1) is 24.4 Å². The van der Waals surface area contributed by atoms with Crippen LogP contribution in [0, 0.1) is 5.92 Å². The van der Waals surface area contributed by atoms with Crippen LogP contribution in [0.4, 0.5) is 5.69 Å². The van der Waals surface area contributed by atoms with Gasteiger partial charge in [-0.15, -0.1) is 11.3 Å². The number of aliphatic carboxylic acids is 1. The molecule has 13 heteroatoms. The molecule has 5 N–H and O–H groups in total. The van der Waals surface area contributed by atoms with E-state index in [9.17, 15) is 33.9 Å². The molecule has 0 spiro atoms. The molecule has 6 rings (SSSR count). The zero-order chi connectivity index (χ0) is 37.0. The topological polar surface area (TPSA) is 171 Å². The Morgan fingerprint density at radius 2 is 1.40 bits per heavy atom. The highest BCUT2D eigenvalue weighted by Crippen LogP contribution is 2.23. The Bertz CT molecular complexity index is 1870. The molecule has 4 amide bonds. The van der Waals surface area contributed by atoms with Crippen molar-refractivity contribution >= 4 is 68.3 Å². The lowest BCUT2D eigenvalue weighted by atomic mass is 9.90. The summed E-state index contributed by atoms with van der Waals surface area (Å²) in [5.41, 5.74) is 2.49. The molecule has 3 aromatic carbocycles. The number of thiophene rings is 1. The Balaban J connectivity index is 1.47. The smallest absolute Gasteiger partial charge is 0.307 e. The van der Waals surface area contributed by atoms with Crippen LogP contribution in [0.3, 0.4) is 0 Å². The predicted molar refractivity (Wildman–Crippen MR) is 200 cm³/mol. The first-order chi connectivity index (χ1) is 25.0. The zero-order valence-electron chi connectivity index (χ0n) is 28.2. The summed E-state index contributed by atoms with van der Waals surface area (Å²) < 4.78 is 0.787. The molecule has 0 fully saturated rings. The minimum Gasteiger partial charge on any atom is -0.481 e. The van der Waals surface area contributed by atoms with Crippen LogP contribution in [0.5, 0.6) is 0 Å². The number of carboxylic acid groups (broad SMARTS) is 1. The molecule has 0 saturated carbocycles. The molecule has 3 heterocycles. The number of carbonyl (C=O) groups excluding carboxylic acids is 5. The van der Waals surface area contributed by atoms with E-state index in [-0.39, 0.29) is 44.9 Å². The molecule has 0 unspecified atom stereocenters. The first kappa shape index (κ1) is 38.1. The lowest BCUT2D eigenvalue weighted by molar-refractivity contribution is -0.144. The number of rotatable bonds is 6. The number of Topliss-reactive ketones (excluding diaryl/α,β-unsaturated/α-hetero) is 1. The van der Waals surface area contributed by atoms with E-state index in [4.69, 9.17) is 0 Å². The third-order valence-electron chi connectivity index (χ3n) is 8.72. The maximum atomic E-state index is 13.9. The highest BCUT2D eigenvalue weighted by atomic mass is 79.9. The number of amides is 4. The van der Waals surface area contributed by atoms with Gasteiger partial charge < -0.3 is 26.4 Å². The van der Waals surface area contributed by atoms with Crippen molar-refractivity contribution in [1.82, 2.24) is 16.0 Å². The molecule has 2 bridgehead atoms. The number of halogens is 1. The van der Waals surface area contributed by atoms with Crippen LogP contribution >= 0.6 is 27.3 Å². The summed E-state index contributed by atoms with van der Waals surface area (Å²) >= 11 is 4.85. The van der Waals surface area contributed by atoms with E-state index in [1.165, 1.54) is 11.3 Å². The summed E-state index contributed by atoms with van der Waals surface area (Å²) in [6, 6.07) is 23.6. The highest BCUT2D eigenvalue weighted by Gasteiger charge is 2.31. The highest BCUT2D eigenvalue weighted by molar-refractivity contribution is 9.10. The second kappa shape index (κ2) is 18.4. The van der Waals surface area contributed by atoms with Gasteiger partial charge in [0.15, 0.2) is 5.78 Å². The largest absolute Gasteiger partial charge is 0.481 e. The van der Waals surface area contributed by atoms with E-state index in [0.717, 1.165) is 14.9 Å². The molecule has 0 saturated heterocycles. The molecular weight excluding hydrogens is 748 g/mol. The molecule has 4 atom stereocenters. The quantitative estimate of drug-likeness (QED) is 0.180. The van der Waals surface area contributed by atoms with E-state index >= 15 is 0 Å². The van der Waals surface area contributed by atoms with Crippen molar-refractivity contribution in [2.75, 3.05) is 5.32 Å². The normalized spacial score (nSPS) is 21.1. The van der Waals surface area contributed by atoms with E-state index in [0.29, 0.717) is 16.8 Å². The lowest BCUT2D eigenvalue weighted by Gasteiger charge is -2.25. The molecule has 0 aliphatic carbocycles. The van der Waals surface area contributed by atoms with Crippen molar-refractivity contribution in [2.24, 2.45) is 5.92 Å². The van der Waals surface area contributed by atoms with Gasteiger partial charge >= 0.3 is 5.97 Å². The van der Waals surface area contributed by atoms with Crippen LogP contribution in [-0.2, 0) is 48.0 Å². The number of benzene rings is 3. The Hall–Kier alpha value is -5.14. The predicted octanol–water partition coefficient (Wildman–Crippen LogP) is 5.15. The van der Waals surface area contributed by atoms with Crippen molar-refractivity contribution in [1.29, 1.82) is 0 Å². The molecule has 52 heavy (non-hydrogen) atoms. The summed E-state index contributed by atoms with van der Waals surface area (Å²) in [4.78, 5) is 80.6. The maximum Gasteiger partial charge on any atom is 0.307 e. The van der Waals surface area contributed by atoms with Gasteiger partial charge in [0, 0.05) is 40.7 Å². The van der Waals surface area contributed by atoms with Crippen molar-refractivity contribution in [3.63, 3.8) is 0 Å². The molecule has 2 aliphatic heterocycles. The van der Waals surface area contributed by atoms with Gasteiger partial charge in [0.25, 0.3) is 0 Å². The van der Waals surface area contributed by atoms with Crippen LogP contribution in [0.2, 0.25) is 0 Å². The van der Waals surface area contributed by atoms with Crippen molar-refractivity contribution < 1.29 is 33.9 Å². The van der Waals surface area contributed by atoms with Crippen LogP contribution in [0.25, 0.3) is 0 Å². The molecule has 0 radical (unpaired) electrons. The average molecular weight is 788 g/mol. The Morgan fingerprint density at radius 3 is 2.08 bits per heavy atom. The Morgan fingerprint density at radius 1 is 0.712 bits per heavy atom. The number of hydrogen-bond donors (Lipinski definition) is 5. The molecule has 4 aromatic rings. The Kier molecular flexibility index (Phi) is 13.5. The van der Waals surface area contributed by atoms with Crippen LogP contribution in [0.1, 0.15) is 53.3 Å². The molecule has 2 aliphatic rings. The van der Waals surface area contributed by atoms with Crippen LogP contribution in [0.15, 0.2) is 101 Å². The van der Waals surface area contributed by atoms with Crippen LogP contribution in [-0.4, -0.2) is 52.6 Å². The first-order valence-corrected chi connectivity index (χ1v) is 18.5. The van der Waals surface area contributed by atoms with Gasteiger partial charge in [0.1, 0.15) is 6.04 Å². The second-order valence-corrected chi connectivity index (χ2v) is 14.6. The fourth-order valence-corrected chi connectivity index (χ4v) is 6.97. The minimum absolute atomic E-state index is 0.0474. The lowest BCUT2D eigenvalue weighted by Crippen LogP contribution is -2.50. The SMILES string of the molecule is O=C1CCC(=O)N[C@H](Cc2cccs2)C(=O)N[C@H](c2ccc(Br)cc2)CC(=O)N[C@H](Cc2ccccc2)C(=O)C[C@H](C(=O)O)Cc2ccc(cc2)N1. The number of anilines is 1. The van der Waals surface area contributed by atoms with Gasteiger partial charge in [0.2, 0.25) is 23.6 Å². The average Bonchev–Trinajstić information content (AvgIpc) is 3.64. The number of fused-ring (bicyclic) bond motifs is 19. The minimum atomic E-state index is -1.15. The summed E-state index contributed by atoms with van der Waals surface area (Å²) in [6.07, 6.45) is -0.527.